The van der Waals surface area contributed by atoms with Gasteiger partial charge in [-0.15, -0.1) is 0 Å². The third-order valence-corrected chi connectivity index (χ3v) is 4.61. The number of carbonyl (C=O) groups is 1. The quantitative estimate of drug-likeness (QED) is 0.523. The number of rotatable bonds is 4. The molecule has 0 saturated carbocycles. The molecule has 0 unspecified atom stereocenters. The number of oxazole rings is 1. The molecule has 3 aromatic carbocycles. The molecule has 0 aliphatic rings. The van der Waals surface area contributed by atoms with Crippen LogP contribution in [0.3, 0.4) is 0 Å². The van der Waals surface area contributed by atoms with Crippen LogP contribution in [-0.2, 0) is 0 Å². The first-order valence-corrected chi connectivity index (χ1v) is 8.97. The molecule has 1 amide bonds. The van der Waals surface area contributed by atoms with Crippen LogP contribution in [-0.4, -0.2) is 18.0 Å². The van der Waals surface area contributed by atoms with Crippen molar-refractivity contribution in [3.63, 3.8) is 0 Å². The van der Waals surface area contributed by atoms with Gasteiger partial charge in [0.2, 0.25) is 5.89 Å². The highest BCUT2D eigenvalue weighted by molar-refractivity contribution is 6.05. The number of methoxy groups -OCH3 is 1. The van der Waals surface area contributed by atoms with E-state index < -0.39 is 0 Å². The average Bonchev–Trinajstić information content (AvgIpc) is 3.12. The van der Waals surface area contributed by atoms with Crippen molar-refractivity contribution in [2.45, 2.75) is 13.8 Å². The van der Waals surface area contributed by atoms with E-state index in [4.69, 9.17) is 9.15 Å². The summed E-state index contributed by atoms with van der Waals surface area (Å²) >= 11 is 0. The van der Waals surface area contributed by atoms with Gasteiger partial charge in [0.25, 0.3) is 5.91 Å². The molecule has 4 aromatic rings. The third kappa shape index (κ3) is 3.47. The summed E-state index contributed by atoms with van der Waals surface area (Å²) in [6.07, 6.45) is 0. The fraction of sp³-hybridized carbons (Fsp3) is 0.130. The Bertz CT molecular complexity index is 1180. The van der Waals surface area contributed by atoms with Crippen molar-refractivity contribution < 1.29 is 13.9 Å². The first-order chi connectivity index (χ1) is 13.5. The highest BCUT2D eigenvalue weighted by Crippen LogP contribution is 2.28. The van der Waals surface area contributed by atoms with E-state index in [9.17, 15) is 4.79 Å². The topological polar surface area (TPSA) is 64.4 Å². The van der Waals surface area contributed by atoms with Gasteiger partial charge in [-0.2, -0.15) is 0 Å². The molecular weight excluding hydrogens is 352 g/mol. The molecule has 0 atom stereocenters. The Labute approximate surface area is 163 Å². The number of anilines is 1. The fourth-order valence-electron chi connectivity index (χ4n) is 3.00. The van der Waals surface area contributed by atoms with Gasteiger partial charge in [0.15, 0.2) is 5.58 Å². The average molecular weight is 372 g/mol. The third-order valence-electron chi connectivity index (χ3n) is 4.61. The summed E-state index contributed by atoms with van der Waals surface area (Å²) in [6, 6.07) is 18.7. The highest BCUT2D eigenvalue weighted by atomic mass is 16.5. The van der Waals surface area contributed by atoms with Crippen molar-refractivity contribution in [3.8, 4) is 17.2 Å². The summed E-state index contributed by atoms with van der Waals surface area (Å²) in [5.74, 6) is 0.963. The summed E-state index contributed by atoms with van der Waals surface area (Å²) in [6.45, 7) is 3.96. The van der Waals surface area contributed by atoms with Crippen LogP contribution in [0.15, 0.2) is 65.1 Å². The molecular formula is C23H20N2O3. The number of ether oxygens (including phenoxy) is 1. The van der Waals surface area contributed by atoms with Gasteiger partial charge in [0.05, 0.1) is 7.11 Å². The zero-order valence-corrected chi connectivity index (χ0v) is 15.9. The normalized spacial score (nSPS) is 10.8. The molecule has 4 rings (SSSR count). The predicted octanol–water partition coefficient (Wildman–Crippen LogP) is 5.37. The molecule has 0 radical (unpaired) electrons. The molecule has 1 aromatic heterocycles. The number of aromatic nitrogens is 1. The second-order valence-corrected chi connectivity index (χ2v) is 6.71. The molecule has 0 saturated heterocycles. The van der Waals surface area contributed by atoms with Crippen molar-refractivity contribution in [1.29, 1.82) is 0 Å². The van der Waals surface area contributed by atoms with Crippen LogP contribution >= 0.6 is 0 Å². The predicted molar refractivity (Wildman–Crippen MR) is 110 cm³/mol. The number of benzene rings is 3. The first-order valence-electron chi connectivity index (χ1n) is 8.97. The van der Waals surface area contributed by atoms with Crippen molar-refractivity contribution in [3.05, 3.63) is 77.4 Å². The lowest BCUT2D eigenvalue weighted by Crippen LogP contribution is -2.12. The van der Waals surface area contributed by atoms with E-state index in [1.807, 2.05) is 50.2 Å². The molecule has 5 nitrogen and oxygen atoms in total. The van der Waals surface area contributed by atoms with Gasteiger partial charge in [0, 0.05) is 16.8 Å². The maximum Gasteiger partial charge on any atom is 0.255 e. The molecule has 0 aliphatic carbocycles. The van der Waals surface area contributed by atoms with Gasteiger partial charge < -0.3 is 14.5 Å². The Kier molecular flexibility index (Phi) is 4.57. The van der Waals surface area contributed by atoms with Gasteiger partial charge in [-0.05, 0) is 67.4 Å². The van der Waals surface area contributed by atoms with E-state index >= 15 is 0 Å². The van der Waals surface area contributed by atoms with Gasteiger partial charge in [-0.3, -0.25) is 4.79 Å². The van der Waals surface area contributed by atoms with E-state index in [1.165, 1.54) is 0 Å². The van der Waals surface area contributed by atoms with Crippen LogP contribution in [0.4, 0.5) is 5.69 Å². The van der Waals surface area contributed by atoms with Gasteiger partial charge in [-0.25, -0.2) is 4.98 Å². The first kappa shape index (κ1) is 17.8. The Hall–Kier alpha value is -3.60. The monoisotopic (exact) mass is 372 g/mol. The Morgan fingerprint density at radius 1 is 1.04 bits per heavy atom. The second kappa shape index (κ2) is 7.19. The SMILES string of the molecule is COc1cccc(C(=O)Nc2cc(-c3nc4ccc(C)cc4o3)ccc2C)c1. The molecule has 0 fully saturated rings. The summed E-state index contributed by atoms with van der Waals surface area (Å²) in [5, 5.41) is 2.97. The Morgan fingerprint density at radius 2 is 1.89 bits per heavy atom. The molecule has 0 bridgehead atoms. The van der Waals surface area contributed by atoms with Crippen molar-refractivity contribution in [2.24, 2.45) is 0 Å². The standard InChI is InChI=1S/C23H20N2O3/c1-14-7-10-19-21(11-14)28-23(25-19)17-9-8-15(2)20(13-17)24-22(26)16-5-4-6-18(12-16)27-3/h4-13H,1-3H3,(H,24,26). The Morgan fingerprint density at radius 3 is 2.71 bits per heavy atom. The van der Waals surface area contributed by atoms with Gasteiger partial charge in [0.1, 0.15) is 11.3 Å². The molecule has 1 N–H and O–H groups in total. The number of hydrogen-bond acceptors (Lipinski definition) is 4. The Balaban J connectivity index is 1.65. The van der Waals surface area contributed by atoms with E-state index in [0.717, 1.165) is 27.8 Å². The number of fused-ring (bicyclic) bond motifs is 1. The van der Waals surface area contributed by atoms with E-state index in [2.05, 4.69) is 10.3 Å². The van der Waals surface area contributed by atoms with Crippen LogP contribution in [0.25, 0.3) is 22.6 Å². The number of amides is 1. The minimum Gasteiger partial charge on any atom is -0.497 e. The molecule has 0 spiro atoms. The van der Waals surface area contributed by atoms with E-state index in [-0.39, 0.29) is 5.91 Å². The summed E-state index contributed by atoms with van der Waals surface area (Å²) in [7, 11) is 1.58. The smallest absolute Gasteiger partial charge is 0.255 e. The van der Waals surface area contributed by atoms with Gasteiger partial charge in [-0.1, -0.05) is 18.2 Å². The lowest BCUT2D eigenvalue weighted by molar-refractivity contribution is 0.102. The number of hydrogen-bond donors (Lipinski definition) is 1. The van der Waals surface area contributed by atoms with Crippen molar-refractivity contribution >= 4 is 22.7 Å². The summed E-state index contributed by atoms with van der Waals surface area (Å²) < 4.78 is 11.1. The number of aryl methyl sites for hydroxylation is 2. The lowest BCUT2D eigenvalue weighted by Gasteiger charge is -2.10. The van der Waals surface area contributed by atoms with E-state index in [0.29, 0.717) is 22.9 Å². The van der Waals surface area contributed by atoms with Crippen LogP contribution in [0.2, 0.25) is 0 Å². The minimum atomic E-state index is -0.202. The number of nitrogens with one attached hydrogen (secondary N) is 1. The molecule has 1 heterocycles. The largest absolute Gasteiger partial charge is 0.497 e. The van der Waals surface area contributed by atoms with Crippen LogP contribution in [0.1, 0.15) is 21.5 Å². The van der Waals surface area contributed by atoms with Gasteiger partial charge >= 0.3 is 0 Å². The molecule has 0 aliphatic heterocycles. The number of nitrogens with zero attached hydrogens (tertiary/aromatic N) is 1. The van der Waals surface area contributed by atoms with Crippen molar-refractivity contribution in [2.75, 3.05) is 12.4 Å². The summed E-state index contributed by atoms with van der Waals surface area (Å²) in [4.78, 5) is 17.2. The van der Waals surface area contributed by atoms with Crippen LogP contribution < -0.4 is 10.1 Å². The zero-order valence-electron chi connectivity index (χ0n) is 15.9. The maximum absolute atomic E-state index is 12.7. The molecule has 28 heavy (non-hydrogen) atoms. The van der Waals surface area contributed by atoms with Crippen LogP contribution in [0.5, 0.6) is 5.75 Å². The highest BCUT2D eigenvalue weighted by Gasteiger charge is 2.13. The second-order valence-electron chi connectivity index (χ2n) is 6.71. The minimum absolute atomic E-state index is 0.202. The molecule has 5 heteroatoms. The zero-order chi connectivity index (χ0) is 19.7. The van der Waals surface area contributed by atoms with E-state index in [1.54, 1.807) is 31.4 Å². The number of carbonyl (C=O) groups excluding carboxylic acids is 1. The fourth-order valence-corrected chi connectivity index (χ4v) is 3.00. The lowest BCUT2D eigenvalue weighted by atomic mass is 10.1. The molecule has 140 valence electrons. The van der Waals surface area contributed by atoms with Crippen LogP contribution in [0, 0.1) is 13.8 Å². The maximum atomic E-state index is 12.7. The van der Waals surface area contributed by atoms with Crippen molar-refractivity contribution in [1.82, 2.24) is 4.98 Å². The summed E-state index contributed by atoms with van der Waals surface area (Å²) in [5.41, 5.74) is 5.67.